The number of nitrogens with zero attached hydrogens (tertiary/aromatic N) is 6. The molecule has 9 heteroatoms. The smallest absolute Gasteiger partial charge is 0.293 e. The van der Waals surface area contributed by atoms with Crippen LogP contribution in [0.3, 0.4) is 0 Å². The van der Waals surface area contributed by atoms with E-state index in [1.54, 1.807) is 7.05 Å². The number of aryl methyl sites for hydroxylation is 1. The van der Waals surface area contributed by atoms with E-state index in [1.807, 2.05) is 47.9 Å². The number of pyridine rings is 1. The zero-order valence-corrected chi connectivity index (χ0v) is 18.4. The molecule has 0 aliphatic carbocycles. The molecule has 32 heavy (non-hydrogen) atoms. The van der Waals surface area contributed by atoms with Crippen LogP contribution in [0.1, 0.15) is 25.5 Å². The van der Waals surface area contributed by atoms with Crippen molar-refractivity contribution in [3.8, 4) is 0 Å². The average Bonchev–Trinajstić information content (AvgIpc) is 3.20. The fourth-order valence-electron chi connectivity index (χ4n) is 4.59. The van der Waals surface area contributed by atoms with Crippen molar-refractivity contribution in [2.24, 2.45) is 12.8 Å². The zero-order chi connectivity index (χ0) is 22.4. The summed E-state index contributed by atoms with van der Waals surface area (Å²) in [6.45, 7) is 4.17. The van der Waals surface area contributed by atoms with Crippen molar-refractivity contribution in [2.45, 2.75) is 38.9 Å². The van der Waals surface area contributed by atoms with Crippen LogP contribution in [0.5, 0.6) is 0 Å². The maximum absolute atomic E-state index is 13.6. The van der Waals surface area contributed by atoms with E-state index in [9.17, 15) is 9.59 Å². The molecule has 4 heterocycles. The standard InChI is InChI=1S/C23H27N7O2/c1-3-29-20-19(26-23(29)28-12-6-8-16(24)13-28)21(31)27(2)30(22(20)32)14-17-11-10-15-7-4-5-9-18(15)25-17/h4-5,7,9-11,16H,3,6,8,12-14,24H2,1-2H3/t16-/m1/s1. The Morgan fingerprint density at radius 1 is 1.09 bits per heavy atom. The molecule has 0 saturated carbocycles. The Labute approximate surface area is 184 Å². The fourth-order valence-corrected chi connectivity index (χ4v) is 4.59. The molecule has 4 aromatic rings. The van der Waals surface area contributed by atoms with Crippen molar-refractivity contribution >= 4 is 27.9 Å². The molecule has 3 aromatic heterocycles. The fraction of sp³-hybridized carbons (Fsp3) is 0.391. The molecule has 0 bridgehead atoms. The minimum absolute atomic E-state index is 0.0623. The Morgan fingerprint density at radius 3 is 2.69 bits per heavy atom. The number of rotatable bonds is 4. The number of hydrogen-bond donors (Lipinski definition) is 1. The van der Waals surface area contributed by atoms with Crippen LogP contribution < -0.4 is 21.8 Å². The summed E-state index contributed by atoms with van der Waals surface area (Å²) in [6, 6.07) is 11.8. The minimum atomic E-state index is -0.296. The quantitative estimate of drug-likeness (QED) is 0.522. The number of piperidine rings is 1. The van der Waals surface area contributed by atoms with Gasteiger partial charge < -0.3 is 15.2 Å². The molecule has 0 amide bonds. The molecule has 0 spiro atoms. The summed E-state index contributed by atoms with van der Waals surface area (Å²) >= 11 is 0. The molecule has 1 fully saturated rings. The monoisotopic (exact) mass is 433 g/mol. The van der Waals surface area contributed by atoms with Gasteiger partial charge in [-0.15, -0.1) is 0 Å². The van der Waals surface area contributed by atoms with Crippen molar-refractivity contribution in [1.29, 1.82) is 0 Å². The summed E-state index contributed by atoms with van der Waals surface area (Å²) in [5.74, 6) is 0.647. The molecule has 1 atom stereocenters. The molecule has 1 saturated heterocycles. The van der Waals surface area contributed by atoms with Crippen LogP contribution in [0.2, 0.25) is 0 Å². The van der Waals surface area contributed by atoms with Crippen LogP contribution >= 0.6 is 0 Å². The van der Waals surface area contributed by atoms with Crippen LogP contribution in [-0.4, -0.2) is 43.0 Å². The second-order valence-corrected chi connectivity index (χ2v) is 8.39. The third-order valence-corrected chi connectivity index (χ3v) is 6.27. The van der Waals surface area contributed by atoms with Crippen molar-refractivity contribution in [3.63, 3.8) is 0 Å². The lowest BCUT2D eigenvalue weighted by atomic mass is 10.1. The van der Waals surface area contributed by atoms with Gasteiger partial charge >= 0.3 is 0 Å². The first-order chi connectivity index (χ1) is 15.5. The topological polar surface area (TPSA) is 104 Å². The highest BCUT2D eigenvalue weighted by Crippen LogP contribution is 2.22. The van der Waals surface area contributed by atoms with E-state index in [0.717, 1.165) is 30.3 Å². The van der Waals surface area contributed by atoms with Gasteiger partial charge in [0.1, 0.15) is 5.52 Å². The highest BCUT2D eigenvalue weighted by molar-refractivity contribution is 5.78. The molecule has 1 aromatic carbocycles. The number of imidazole rings is 1. The number of fused-ring (bicyclic) bond motifs is 2. The summed E-state index contributed by atoms with van der Waals surface area (Å²) in [6.07, 6.45) is 1.93. The Morgan fingerprint density at radius 2 is 1.91 bits per heavy atom. The van der Waals surface area contributed by atoms with E-state index in [4.69, 9.17) is 5.73 Å². The zero-order valence-electron chi connectivity index (χ0n) is 18.4. The summed E-state index contributed by atoms with van der Waals surface area (Å²) < 4.78 is 4.64. The molecule has 1 aliphatic heterocycles. The van der Waals surface area contributed by atoms with E-state index in [2.05, 4.69) is 14.9 Å². The third kappa shape index (κ3) is 3.29. The predicted octanol–water partition coefficient (Wildman–Crippen LogP) is 1.44. The van der Waals surface area contributed by atoms with Gasteiger partial charge in [0.05, 0.1) is 17.8 Å². The van der Waals surface area contributed by atoms with E-state index in [0.29, 0.717) is 30.2 Å². The number of nitrogens with two attached hydrogens (primary N) is 1. The van der Waals surface area contributed by atoms with Crippen molar-refractivity contribution in [1.82, 2.24) is 23.9 Å². The third-order valence-electron chi connectivity index (χ3n) is 6.27. The molecule has 1 aliphatic rings. The summed E-state index contributed by atoms with van der Waals surface area (Å²) in [5, 5.41) is 1.03. The number of anilines is 1. The van der Waals surface area contributed by atoms with Gasteiger partial charge in [-0.25, -0.2) is 14.3 Å². The van der Waals surface area contributed by atoms with E-state index in [1.165, 1.54) is 9.36 Å². The lowest BCUT2D eigenvalue weighted by Crippen LogP contribution is -2.44. The van der Waals surface area contributed by atoms with Gasteiger partial charge in [0.25, 0.3) is 11.1 Å². The normalized spacial score (nSPS) is 16.8. The number of para-hydroxylation sites is 1. The van der Waals surface area contributed by atoms with Gasteiger partial charge in [-0.2, -0.15) is 0 Å². The summed E-state index contributed by atoms with van der Waals surface area (Å²) in [4.78, 5) is 38.2. The molecular weight excluding hydrogens is 406 g/mol. The predicted molar refractivity (Wildman–Crippen MR) is 125 cm³/mol. The molecule has 9 nitrogen and oxygen atoms in total. The van der Waals surface area contributed by atoms with Crippen LogP contribution in [0.15, 0.2) is 46.0 Å². The first-order valence-corrected chi connectivity index (χ1v) is 11.0. The highest BCUT2D eigenvalue weighted by atomic mass is 16.2. The average molecular weight is 434 g/mol. The van der Waals surface area contributed by atoms with Crippen LogP contribution in [0.25, 0.3) is 21.9 Å². The molecule has 0 unspecified atom stereocenters. The molecule has 5 rings (SSSR count). The minimum Gasteiger partial charge on any atom is -0.341 e. The van der Waals surface area contributed by atoms with Crippen LogP contribution in [0, 0.1) is 0 Å². The van der Waals surface area contributed by atoms with Gasteiger partial charge in [-0.05, 0) is 31.9 Å². The maximum atomic E-state index is 13.6. The number of benzene rings is 1. The highest BCUT2D eigenvalue weighted by Gasteiger charge is 2.26. The molecule has 2 N–H and O–H groups in total. The first kappa shape index (κ1) is 20.4. The Balaban J connectivity index is 1.65. The van der Waals surface area contributed by atoms with Gasteiger partial charge in [0.2, 0.25) is 5.95 Å². The maximum Gasteiger partial charge on any atom is 0.293 e. The number of aromatic nitrogens is 5. The largest absolute Gasteiger partial charge is 0.341 e. The van der Waals surface area contributed by atoms with Crippen molar-refractivity contribution in [2.75, 3.05) is 18.0 Å². The first-order valence-electron chi connectivity index (χ1n) is 11.0. The van der Waals surface area contributed by atoms with Gasteiger partial charge in [-0.3, -0.25) is 14.6 Å². The second kappa shape index (κ2) is 7.90. The van der Waals surface area contributed by atoms with E-state index < -0.39 is 0 Å². The summed E-state index contributed by atoms with van der Waals surface area (Å²) in [7, 11) is 1.60. The molecular formula is C23H27N7O2. The number of hydrogen-bond acceptors (Lipinski definition) is 6. The van der Waals surface area contributed by atoms with Gasteiger partial charge in [0.15, 0.2) is 5.52 Å². The lowest BCUT2D eigenvalue weighted by Gasteiger charge is -2.31. The van der Waals surface area contributed by atoms with Crippen LogP contribution in [0.4, 0.5) is 5.95 Å². The lowest BCUT2D eigenvalue weighted by molar-refractivity contribution is 0.492. The molecule has 0 radical (unpaired) electrons. The second-order valence-electron chi connectivity index (χ2n) is 8.39. The van der Waals surface area contributed by atoms with Crippen molar-refractivity contribution in [3.05, 3.63) is 62.8 Å². The van der Waals surface area contributed by atoms with Crippen LogP contribution in [-0.2, 0) is 20.1 Å². The van der Waals surface area contributed by atoms with Gasteiger partial charge in [0, 0.05) is 38.1 Å². The molecule has 166 valence electrons. The van der Waals surface area contributed by atoms with E-state index >= 15 is 0 Å². The Bertz CT molecular complexity index is 1430. The Hall–Kier alpha value is -3.46. The summed E-state index contributed by atoms with van der Waals surface area (Å²) in [5.41, 5.74) is 7.73. The Kier molecular flexibility index (Phi) is 5.05. The van der Waals surface area contributed by atoms with Gasteiger partial charge in [-0.1, -0.05) is 24.3 Å². The van der Waals surface area contributed by atoms with E-state index in [-0.39, 0.29) is 29.2 Å². The SMILES string of the molecule is CCn1c(N2CCC[C@@H](N)C2)nc2c(=O)n(C)n(Cc3ccc4ccccc4n3)c(=O)c21. The van der Waals surface area contributed by atoms with Crippen molar-refractivity contribution < 1.29 is 0 Å².